The maximum Gasteiger partial charge on any atom is 0.336 e. The first-order valence-electron chi connectivity index (χ1n) is 6.99. The van der Waals surface area contributed by atoms with Crippen molar-refractivity contribution in [2.45, 2.75) is 5.92 Å². The Morgan fingerprint density at radius 1 is 1.13 bits per heavy atom. The summed E-state index contributed by atoms with van der Waals surface area (Å²) in [6.45, 7) is 0.965. The summed E-state index contributed by atoms with van der Waals surface area (Å²) in [6.07, 6.45) is 3.39. The highest BCUT2D eigenvalue weighted by molar-refractivity contribution is 7.08. The summed E-state index contributed by atoms with van der Waals surface area (Å²) in [5.41, 5.74) is 1.64. The summed E-state index contributed by atoms with van der Waals surface area (Å²) >= 11 is 1.50. The highest BCUT2D eigenvalue weighted by Gasteiger charge is 2.35. The lowest BCUT2D eigenvalue weighted by Gasteiger charge is -2.29. The molecule has 0 saturated carbocycles. The predicted octanol–water partition coefficient (Wildman–Crippen LogP) is 1.91. The molecule has 0 radical (unpaired) electrons. The van der Waals surface area contributed by atoms with Crippen molar-refractivity contribution in [1.29, 1.82) is 0 Å². The van der Waals surface area contributed by atoms with Gasteiger partial charge in [0.2, 0.25) is 0 Å². The van der Waals surface area contributed by atoms with Crippen molar-refractivity contribution < 1.29 is 23.8 Å². The Morgan fingerprint density at radius 2 is 1.74 bits per heavy atom. The van der Waals surface area contributed by atoms with E-state index in [-0.39, 0.29) is 0 Å². The summed E-state index contributed by atoms with van der Waals surface area (Å²) in [4.78, 5) is 26.2. The Bertz CT molecular complexity index is 586. The maximum absolute atomic E-state index is 12.2. The van der Waals surface area contributed by atoms with Crippen LogP contribution in [0, 0.1) is 0 Å². The molecule has 23 heavy (non-hydrogen) atoms. The highest BCUT2D eigenvalue weighted by Crippen LogP contribution is 2.37. The van der Waals surface area contributed by atoms with Crippen molar-refractivity contribution in [3.63, 3.8) is 0 Å². The Morgan fingerprint density at radius 3 is 2.17 bits per heavy atom. The lowest BCUT2D eigenvalue weighted by molar-refractivity contribution is -0.137. The van der Waals surface area contributed by atoms with Gasteiger partial charge in [-0.05, 0) is 22.4 Å². The van der Waals surface area contributed by atoms with Crippen molar-refractivity contribution in [2.24, 2.45) is 0 Å². The fraction of sp³-hybridized carbons (Fsp3) is 0.375. The number of methoxy groups -OCH3 is 3. The number of nitrogens with zero attached hydrogens (tertiary/aromatic N) is 1. The number of hydrogen-bond donors (Lipinski definition) is 0. The molecular weight excluding hydrogens is 318 g/mol. The van der Waals surface area contributed by atoms with Crippen molar-refractivity contribution in [3.05, 3.63) is 45.9 Å². The van der Waals surface area contributed by atoms with Gasteiger partial charge in [0.05, 0.1) is 37.9 Å². The van der Waals surface area contributed by atoms with Crippen LogP contribution in [0.1, 0.15) is 11.5 Å². The van der Waals surface area contributed by atoms with Gasteiger partial charge in [0.25, 0.3) is 0 Å². The summed E-state index contributed by atoms with van der Waals surface area (Å²) in [6, 6.07) is 1.88. The Balaban J connectivity index is 2.47. The van der Waals surface area contributed by atoms with Crippen LogP contribution in [0.25, 0.3) is 0 Å². The van der Waals surface area contributed by atoms with E-state index in [4.69, 9.17) is 14.2 Å². The lowest BCUT2D eigenvalue weighted by Crippen LogP contribution is -2.30. The number of hydrogen-bond acceptors (Lipinski definition) is 7. The molecule has 1 aliphatic heterocycles. The zero-order chi connectivity index (χ0) is 16.8. The molecule has 0 aromatic carbocycles. The topological polar surface area (TPSA) is 65.1 Å². The quantitative estimate of drug-likeness (QED) is 0.739. The first kappa shape index (κ1) is 17.2. The van der Waals surface area contributed by atoms with E-state index in [1.54, 1.807) is 24.4 Å². The fourth-order valence-corrected chi connectivity index (χ4v) is 3.10. The Hall–Kier alpha value is -2.12. The van der Waals surface area contributed by atoms with Gasteiger partial charge in [-0.3, -0.25) is 0 Å². The summed E-state index contributed by atoms with van der Waals surface area (Å²) in [5, 5.41) is 3.81. The molecule has 0 unspecified atom stereocenters. The third-order valence-electron chi connectivity index (χ3n) is 3.50. The third kappa shape index (κ3) is 3.80. The Kier molecular flexibility index (Phi) is 5.95. The van der Waals surface area contributed by atoms with Crippen molar-refractivity contribution in [2.75, 3.05) is 34.5 Å². The fourth-order valence-electron chi connectivity index (χ4n) is 2.41. The molecule has 0 atom stereocenters. The molecule has 0 aliphatic carbocycles. The minimum atomic E-state index is -0.500. The smallest absolute Gasteiger partial charge is 0.336 e. The lowest BCUT2D eigenvalue weighted by atomic mass is 9.84. The van der Waals surface area contributed by atoms with Gasteiger partial charge >= 0.3 is 11.9 Å². The van der Waals surface area contributed by atoms with Crippen LogP contribution in [0.2, 0.25) is 0 Å². The molecule has 0 amide bonds. The van der Waals surface area contributed by atoms with E-state index >= 15 is 0 Å². The van der Waals surface area contributed by atoms with Gasteiger partial charge in [-0.1, -0.05) is 0 Å². The first-order valence-corrected chi connectivity index (χ1v) is 7.93. The monoisotopic (exact) mass is 337 g/mol. The molecule has 0 spiro atoms. The largest absolute Gasteiger partial charge is 0.466 e. The standard InChI is InChI=1S/C16H19NO5S/c1-20-6-5-17-8-12(15(18)21-2)14(11-4-7-23-10-11)13(9-17)16(19)22-3/h4,7-10,14H,5-6H2,1-3H3. The zero-order valence-electron chi connectivity index (χ0n) is 13.3. The average molecular weight is 337 g/mol. The second-order valence-electron chi connectivity index (χ2n) is 4.87. The first-order chi connectivity index (χ1) is 11.1. The average Bonchev–Trinajstić information content (AvgIpc) is 3.11. The molecule has 7 heteroatoms. The molecule has 2 heterocycles. The number of esters is 2. The van der Waals surface area contributed by atoms with Gasteiger partial charge in [0.15, 0.2) is 0 Å². The van der Waals surface area contributed by atoms with Crippen LogP contribution in [0.15, 0.2) is 40.4 Å². The molecule has 124 valence electrons. The summed E-state index contributed by atoms with van der Waals surface area (Å²) in [7, 11) is 4.24. The second-order valence-corrected chi connectivity index (χ2v) is 5.65. The minimum Gasteiger partial charge on any atom is -0.466 e. The van der Waals surface area contributed by atoms with E-state index in [9.17, 15) is 9.59 Å². The molecule has 0 saturated heterocycles. The number of carbonyl (C=O) groups excluding carboxylic acids is 2. The van der Waals surface area contributed by atoms with Gasteiger partial charge in [-0.15, -0.1) is 0 Å². The van der Waals surface area contributed by atoms with Gasteiger partial charge in [-0.2, -0.15) is 11.3 Å². The van der Waals surface area contributed by atoms with Crippen LogP contribution in [0.4, 0.5) is 0 Å². The third-order valence-corrected chi connectivity index (χ3v) is 4.21. The van der Waals surface area contributed by atoms with Crippen molar-refractivity contribution in [3.8, 4) is 0 Å². The molecule has 1 aromatic rings. The second kappa shape index (κ2) is 7.94. The minimum absolute atomic E-state index is 0.393. The van der Waals surface area contributed by atoms with Crippen LogP contribution < -0.4 is 0 Å². The van der Waals surface area contributed by atoms with Crippen molar-refractivity contribution in [1.82, 2.24) is 4.90 Å². The molecule has 0 fully saturated rings. The SMILES string of the molecule is COCCN1C=C(C(=O)OC)C(c2ccsc2)C(C(=O)OC)=C1. The normalized spacial score (nSPS) is 15.0. The van der Waals surface area contributed by atoms with E-state index in [0.717, 1.165) is 5.56 Å². The molecule has 1 aliphatic rings. The van der Waals surface area contributed by atoms with Crippen LogP contribution >= 0.6 is 11.3 Å². The summed E-state index contributed by atoms with van der Waals surface area (Å²) < 4.78 is 14.8. The number of rotatable bonds is 6. The van der Waals surface area contributed by atoms with E-state index in [0.29, 0.717) is 24.3 Å². The van der Waals surface area contributed by atoms with Gasteiger partial charge in [-0.25, -0.2) is 9.59 Å². The molecular formula is C16H19NO5S. The molecule has 2 rings (SSSR count). The zero-order valence-corrected chi connectivity index (χ0v) is 14.1. The number of thiophene rings is 1. The molecule has 6 nitrogen and oxygen atoms in total. The van der Waals surface area contributed by atoms with E-state index in [2.05, 4.69) is 0 Å². The van der Waals surface area contributed by atoms with Gasteiger partial charge < -0.3 is 19.1 Å². The number of ether oxygens (including phenoxy) is 3. The van der Waals surface area contributed by atoms with Crippen LogP contribution in [-0.4, -0.2) is 51.3 Å². The molecule has 1 aromatic heterocycles. The van der Waals surface area contributed by atoms with Crippen LogP contribution in [-0.2, 0) is 23.8 Å². The number of carbonyl (C=O) groups is 2. The van der Waals surface area contributed by atoms with E-state index in [1.165, 1.54) is 25.6 Å². The predicted molar refractivity (Wildman–Crippen MR) is 85.8 cm³/mol. The van der Waals surface area contributed by atoms with Gasteiger partial charge in [0, 0.05) is 26.1 Å². The van der Waals surface area contributed by atoms with E-state index in [1.807, 2.05) is 16.8 Å². The van der Waals surface area contributed by atoms with Crippen LogP contribution in [0.3, 0.4) is 0 Å². The maximum atomic E-state index is 12.2. The highest BCUT2D eigenvalue weighted by atomic mass is 32.1. The molecule has 0 bridgehead atoms. The van der Waals surface area contributed by atoms with E-state index < -0.39 is 17.9 Å². The Labute approximate surface area is 138 Å². The summed E-state index contributed by atoms with van der Waals surface area (Å²) in [5.74, 6) is -1.45. The van der Waals surface area contributed by atoms with Crippen molar-refractivity contribution >= 4 is 23.3 Å². The van der Waals surface area contributed by atoms with Gasteiger partial charge in [0.1, 0.15) is 0 Å². The van der Waals surface area contributed by atoms with Crippen LogP contribution in [0.5, 0.6) is 0 Å². The molecule has 0 N–H and O–H groups in total.